The number of carbonyl (C=O) groups is 3. The van der Waals surface area contributed by atoms with Gasteiger partial charge < -0.3 is 14.6 Å². The van der Waals surface area contributed by atoms with E-state index in [0.717, 1.165) is 5.57 Å². The normalized spacial score (nSPS) is 38.3. The van der Waals surface area contributed by atoms with Crippen molar-refractivity contribution in [2.24, 2.45) is 22.7 Å². The van der Waals surface area contributed by atoms with Crippen LogP contribution in [0.4, 0.5) is 0 Å². The highest BCUT2D eigenvalue weighted by Gasteiger charge is 2.59. The van der Waals surface area contributed by atoms with E-state index in [1.54, 1.807) is 6.92 Å². The molecule has 30 heavy (non-hydrogen) atoms. The minimum atomic E-state index is -0.688. The summed E-state index contributed by atoms with van der Waals surface area (Å²) in [5.74, 6) is -1.47. The predicted octanol–water partition coefficient (Wildman–Crippen LogP) is 3.52. The van der Waals surface area contributed by atoms with Crippen LogP contribution in [0.25, 0.3) is 0 Å². The molecule has 0 aromatic carbocycles. The van der Waals surface area contributed by atoms with Gasteiger partial charge in [-0.1, -0.05) is 27.4 Å². The zero-order valence-electron chi connectivity index (χ0n) is 18.9. The summed E-state index contributed by atoms with van der Waals surface area (Å²) in [4.78, 5) is 37.1. The van der Waals surface area contributed by atoms with Gasteiger partial charge in [0.2, 0.25) is 0 Å². The lowest BCUT2D eigenvalue weighted by molar-refractivity contribution is -0.169. The van der Waals surface area contributed by atoms with Crippen molar-refractivity contribution in [1.29, 1.82) is 0 Å². The van der Waals surface area contributed by atoms with Gasteiger partial charge in [0.15, 0.2) is 5.78 Å². The van der Waals surface area contributed by atoms with Crippen molar-refractivity contribution in [3.8, 4) is 0 Å². The quantitative estimate of drug-likeness (QED) is 0.545. The van der Waals surface area contributed by atoms with E-state index in [0.29, 0.717) is 30.4 Å². The van der Waals surface area contributed by atoms with Gasteiger partial charge in [-0.3, -0.25) is 14.4 Å². The SMILES string of the molecule is C=C1[C@@H](O)CC[C@@]2(C)C[C@H](OC(C)=O)C3=C(C)C(=O)CC([C@@H](OC(C)=O)[C@H]12)C3(C)C. The Morgan fingerprint density at radius 2 is 1.73 bits per heavy atom. The lowest BCUT2D eigenvalue weighted by Gasteiger charge is -2.57. The molecule has 0 aromatic rings. The molecule has 6 atom stereocenters. The number of aliphatic hydroxyl groups excluding tert-OH is 1. The number of rotatable bonds is 2. The third kappa shape index (κ3) is 3.64. The third-order valence-electron chi connectivity index (χ3n) is 7.72. The van der Waals surface area contributed by atoms with Gasteiger partial charge in [0.05, 0.1) is 6.10 Å². The molecule has 6 nitrogen and oxygen atoms in total. The average Bonchev–Trinajstić information content (AvgIpc) is 2.59. The number of ether oxygens (including phenoxy) is 2. The van der Waals surface area contributed by atoms with Gasteiger partial charge in [-0.25, -0.2) is 0 Å². The zero-order valence-corrected chi connectivity index (χ0v) is 18.9. The first-order chi connectivity index (χ1) is 13.8. The highest BCUT2D eigenvalue weighted by atomic mass is 16.5. The van der Waals surface area contributed by atoms with Crippen molar-refractivity contribution >= 4 is 17.7 Å². The number of hydrogen-bond acceptors (Lipinski definition) is 6. The number of allylic oxidation sites excluding steroid dienone is 1. The molecule has 6 heteroatoms. The number of aliphatic hydroxyl groups is 1. The Kier molecular flexibility index (Phi) is 5.78. The van der Waals surface area contributed by atoms with Gasteiger partial charge in [-0.05, 0) is 53.7 Å². The van der Waals surface area contributed by atoms with Crippen LogP contribution < -0.4 is 0 Å². The minimum absolute atomic E-state index is 0.0193. The number of carbonyl (C=O) groups excluding carboxylic acids is 3. The summed E-state index contributed by atoms with van der Waals surface area (Å²) >= 11 is 0. The van der Waals surface area contributed by atoms with Gasteiger partial charge in [0.1, 0.15) is 12.2 Å². The van der Waals surface area contributed by atoms with Gasteiger partial charge in [0, 0.05) is 32.1 Å². The van der Waals surface area contributed by atoms with E-state index in [-0.39, 0.29) is 24.0 Å². The zero-order chi connectivity index (χ0) is 22.6. The van der Waals surface area contributed by atoms with Crippen molar-refractivity contribution in [1.82, 2.24) is 0 Å². The Balaban J connectivity index is 2.27. The number of hydrogen-bond donors (Lipinski definition) is 1. The van der Waals surface area contributed by atoms with Crippen LogP contribution in [0.15, 0.2) is 23.3 Å². The molecular weight excluding hydrogens is 384 g/mol. The van der Waals surface area contributed by atoms with E-state index in [1.807, 2.05) is 13.8 Å². The lowest BCUT2D eigenvalue weighted by atomic mass is 9.50. The molecule has 166 valence electrons. The molecule has 0 aliphatic heterocycles. The smallest absolute Gasteiger partial charge is 0.303 e. The maximum Gasteiger partial charge on any atom is 0.303 e. The topological polar surface area (TPSA) is 89.9 Å². The molecule has 3 aliphatic rings. The number of esters is 2. The number of fused-ring (bicyclic) bond motifs is 3. The summed E-state index contributed by atoms with van der Waals surface area (Å²) in [7, 11) is 0. The molecule has 1 unspecified atom stereocenters. The predicted molar refractivity (Wildman–Crippen MR) is 111 cm³/mol. The summed E-state index contributed by atoms with van der Waals surface area (Å²) in [5.41, 5.74) is 1.15. The Hall–Kier alpha value is -1.95. The summed E-state index contributed by atoms with van der Waals surface area (Å²) in [6.07, 6.45) is 0.136. The van der Waals surface area contributed by atoms with Gasteiger partial charge in [0.25, 0.3) is 0 Å². The van der Waals surface area contributed by atoms with Crippen LogP contribution in [-0.2, 0) is 23.9 Å². The molecule has 1 N–H and O–H groups in total. The Bertz CT molecular complexity index is 822. The second kappa shape index (κ2) is 7.63. The fourth-order valence-corrected chi connectivity index (χ4v) is 6.32. The van der Waals surface area contributed by atoms with Crippen molar-refractivity contribution < 1.29 is 29.0 Å². The minimum Gasteiger partial charge on any atom is -0.462 e. The lowest BCUT2D eigenvalue weighted by Crippen LogP contribution is -2.57. The van der Waals surface area contributed by atoms with Gasteiger partial charge in [-0.2, -0.15) is 0 Å². The summed E-state index contributed by atoms with van der Waals surface area (Å²) in [6, 6.07) is 0. The van der Waals surface area contributed by atoms with Crippen molar-refractivity contribution in [2.75, 3.05) is 0 Å². The van der Waals surface area contributed by atoms with E-state index in [1.165, 1.54) is 13.8 Å². The van der Waals surface area contributed by atoms with E-state index in [9.17, 15) is 19.5 Å². The Morgan fingerprint density at radius 3 is 2.30 bits per heavy atom. The first kappa shape index (κ1) is 22.7. The molecule has 0 aromatic heterocycles. The highest BCUT2D eigenvalue weighted by Crippen LogP contribution is 2.59. The molecule has 3 aliphatic carbocycles. The molecule has 2 bridgehead atoms. The van der Waals surface area contributed by atoms with E-state index >= 15 is 0 Å². The molecule has 0 spiro atoms. The molecule has 0 heterocycles. The molecule has 0 amide bonds. The molecule has 0 radical (unpaired) electrons. The van der Waals surface area contributed by atoms with Crippen LogP contribution >= 0.6 is 0 Å². The third-order valence-corrected chi connectivity index (χ3v) is 7.72. The van der Waals surface area contributed by atoms with Crippen LogP contribution in [-0.4, -0.2) is 41.1 Å². The number of ketones is 1. The van der Waals surface area contributed by atoms with E-state index < -0.39 is 41.1 Å². The van der Waals surface area contributed by atoms with E-state index in [4.69, 9.17) is 9.47 Å². The molecule has 3 rings (SSSR count). The van der Waals surface area contributed by atoms with Crippen LogP contribution in [0.5, 0.6) is 0 Å². The molecular formula is C24H34O6. The summed E-state index contributed by atoms with van der Waals surface area (Å²) in [6.45, 7) is 14.9. The van der Waals surface area contributed by atoms with Crippen molar-refractivity contribution in [2.45, 2.75) is 85.5 Å². The van der Waals surface area contributed by atoms with Crippen LogP contribution in [0.1, 0.15) is 67.2 Å². The molecule has 2 fully saturated rings. The first-order valence-electron chi connectivity index (χ1n) is 10.7. The Labute approximate surface area is 178 Å². The average molecular weight is 419 g/mol. The number of Topliss-reactive ketones (excluding diaryl/α,β-unsaturated/α-hetero) is 1. The second-order valence-electron chi connectivity index (χ2n) is 10.1. The van der Waals surface area contributed by atoms with Crippen LogP contribution in [0.2, 0.25) is 0 Å². The fraction of sp³-hybridized carbons (Fsp3) is 0.708. The van der Waals surface area contributed by atoms with E-state index in [2.05, 4.69) is 13.5 Å². The Morgan fingerprint density at radius 1 is 1.13 bits per heavy atom. The largest absolute Gasteiger partial charge is 0.462 e. The summed E-state index contributed by atoms with van der Waals surface area (Å²) < 4.78 is 11.7. The summed E-state index contributed by atoms with van der Waals surface area (Å²) in [5, 5.41) is 10.6. The maximum absolute atomic E-state index is 13.0. The second-order valence-corrected chi connectivity index (χ2v) is 10.1. The first-order valence-corrected chi connectivity index (χ1v) is 10.7. The van der Waals surface area contributed by atoms with Gasteiger partial charge in [-0.15, -0.1) is 0 Å². The van der Waals surface area contributed by atoms with Gasteiger partial charge >= 0.3 is 11.9 Å². The molecule has 2 saturated carbocycles. The monoisotopic (exact) mass is 418 g/mol. The molecule has 0 saturated heterocycles. The maximum atomic E-state index is 13.0. The van der Waals surface area contributed by atoms with Crippen LogP contribution in [0, 0.1) is 22.7 Å². The standard InChI is InChI=1S/C24H34O6/c1-12-17(27)8-9-24(7)11-19(29-14(3)25)20-13(2)18(28)10-16(23(20,5)6)22(21(12)24)30-15(4)26/h16-17,19,21-22,27H,1,8-11H2,2-7H3/t16?,17-,19-,21-,22+,24-/m0/s1. The fourth-order valence-electron chi connectivity index (χ4n) is 6.32. The van der Waals surface area contributed by atoms with Crippen LogP contribution in [0.3, 0.4) is 0 Å². The van der Waals surface area contributed by atoms with Crippen molar-refractivity contribution in [3.05, 3.63) is 23.3 Å². The highest BCUT2D eigenvalue weighted by molar-refractivity contribution is 5.97. The van der Waals surface area contributed by atoms with Crippen molar-refractivity contribution in [3.63, 3.8) is 0 Å².